The Balaban J connectivity index is 2.05. The molecule has 4 nitrogen and oxygen atoms in total. The van der Waals surface area contributed by atoms with E-state index in [1.165, 1.54) is 0 Å². The van der Waals surface area contributed by atoms with Crippen LogP contribution in [0.15, 0.2) is 18.2 Å². The molecule has 0 unspecified atom stereocenters. The van der Waals surface area contributed by atoms with Gasteiger partial charge in [-0.2, -0.15) is 4.98 Å². The van der Waals surface area contributed by atoms with Gasteiger partial charge in [0.2, 0.25) is 0 Å². The lowest BCUT2D eigenvalue weighted by atomic mass is 9.93. The first-order valence-electron chi connectivity index (χ1n) is 5.82. The SMILES string of the molecule is CC(C)(C)CCOc1nc2ccc(N)cc2[nH]1. The maximum atomic E-state index is 5.70. The number of nitrogens with zero attached hydrogens (tertiary/aromatic N) is 1. The number of anilines is 1. The van der Waals surface area contributed by atoms with E-state index in [2.05, 4.69) is 30.7 Å². The zero-order valence-corrected chi connectivity index (χ0v) is 10.6. The summed E-state index contributed by atoms with van der Waals surface area (Å²) in [5.74, 6) is 0. The van der Waals surface area contributed by atoms with E-state index in [1.54, 1.807) is 0 Å². The van der Waals surface area contributed by atoms with Gasteiger partial charge in [-0.3, -0.25) is 0 Å². The Labute approximate surface area is 101 Å². The first kappa shape index (κ1) is 11.8. The van der Waals surface area contributed by atoms with Gasteiger partial charge in [0, 0.05) is 5.69 Å². The Morgan fingerprint density at radius 2 is 2.12 bits per heavy atom. The molecule has 17 heavy (non-hydrogen) atoms. The molecule has 1 heterocycles. The number of imidazole rings is 1. The van der Waals surface area contributed by atoms with Gasteiger partial charge in [-0.05, 0) is 30.0 Å². The summed E-state index contributed by atoms with van der Waals surface area (Å²) in [5.41, 5.74) is 8.49. The van der Waals surface area contributed by atoms with Crippen molar-refractivity contribution in [3.05, 3.63) is 18.2 Å². The van der Waals surface area contributed by atoms with Crippen LogP contribution in [-0.4, -0.2) is 16.6 Å². The van der Waals surface area contributed by atoms with Crippen molar-refractivity contribution in [1.29, 1.82) is 0 Å². The third-order valence-electron chi connectivity index (χ3n) is 2.58. The molecule has 0 spiro atoms. The second-order valence-corrected chi connectivity index (χ2v) is 5.48. The number of hydrogen-bond acceptors (Lipinski definition) is 3. The highest BCUT2D eigenvalue weighted by Crippen LogP contribution is 2.21. The fourth-order valence-electron chi connectivity index (χ4n) is 1.53. The summed E-state index contributed by atoms with van der Waals surface area (Å²) in [4.78, 5) is 7.45. The minimum atomic E-state index is 0.274. The van der Waals surface area contributed by atoms with Gasteiger partial charge in [0.25, 0.3) is 6.01 Å². The minimum Gasteiger partial charge on any atom is -0.465 e. The summed E-state index contributed by atoms with van der Waals surface area (Å²) in [7, 11) is 0. The van der Waals surface area contributed by atoms with E-state index in [0.717, 1.165) is 23.1 Å². The van der Waals surface area contributed by atoms with Crippen molar-refractivity contribution in [3.8, 4) is 6.01 Å². The molecule has 0 aliphatic rings. The van der Waals surface area contributed by atoms with Gasteiger partial charge in [0.05, 0.1) is 17.6 Å². The highest BCUT2D eigenvalue weighted by Gasteiger charge is 2.11. The summed E-state index contributed by atoms with van der Waals surface area (Å²) in [5, 5.41) is 0. The van der Waals surface area contributed by atoms with Crippen LogP contribution in [0.25, 0.3) is 11.0 Å². The fourth-order valence-corrected chi connectivity index (χ4v) is 1.53. The second-order valence-electron chi connectivity index (χ2n) is 5.48. The highest BCUT2D eigenvalue weighted by atomic mass is 16.5. The molecule has 0 saturated heterocycles. The topological polar surface area (TPSA) is 63.9 Å². The minimum absolute atomic E-state index is 0.274. The third kappa shape index (κ3) is 3.12. The van der Waals surface area contributed by atoms with Crippen molar-refractivity contribution in [3.63, 3.8) is 0 Å². The molecule has 0 fully saturated rings. The molecule has 3 N–H and O–H groups in total. The maximum absolute atomic E-state index is 5.70. The number of nitrogens with two attached hydrogens (primary N) is 1. The second kappa shape index (κ2) is 4.28. The molecular formula is C13H19N3O. The van der Waals surface area contributed by atoms with Crippen LogP contribution in [0.4, 0.5) is 5.69 Å². The predicted molar refractivity (Wildman–Crippen MR) is 70.1 cm³/mol. The van der Waals surface area contributed by atoms with Crippen LogP contribution in [0.5, 0.6) is 6.01 Å². The van der Waals surface area contributed by atoms with Gasteiger partial charge in [-0.15, -0.1) is 0 Å². The van der Waals surface area contributed by atoms with Crippen LogP contribution in [0.3, 0.4) is 0 Å². The average Bonchev–Trinajstić information content (AvgIpc) is 2.57. The summed E-state index contributed by atoms with van der Waals surface area (Å²) in [6, 6.07) is 6.15. The summed E-state index contributed by atoms with van der Waals surface area (Å²) in [6.07, 6.45) is 0.992. The lowest BCUT2D eigenvalue weighted by Gasteiger charge is -2.17. The van der Waals surface area contributed by atoms with Gasteiger partial charge >= 0.3 is 0 Å². The average molecular weight is 233 g/mol. The van der Waals surface area contributed by atoms with E-state index in [-0.39, 0.29) is 5.41 Å². The normalized spacial score (nSPS) is 11.9. The molecule has 4 heteroatoms. The largest absolute Gasteiger partial charge is 0.465 e. The van der Waals surface area contributed by atoms with E-state index in [9.17, 15) is 0 Å². The number of hydrogen-bond donors (Lipinski definition) is 2. The van der Waals surface area contributed by atoms with Gasteiger partial charge < -0.3 is 15.5 Å². The lowest BCUT2D eigenvalue weighted by molar-refractivity contribution is 0.231. The molecule has 0 aliphatic heterocycles. The fraction of sp³-hybridized carbons (Fsp3) is 0.462. The molecule has 0 amide bonds. The van der Waals surface area contributed by atoms with Crippen LogP contribution in [0, 0.1) is 5.41 Å². The Bertz CT molecular complexity index is 511. The van der Waals surface area contributed by atoms with Gasteiger partial charge in [0.15, 0.2) is 0 Å². The third-order valence-corrected chi connectivity index (χ3v) is 2.58. The van der Waals surface area contributed by atoms with Crippen molar-refractivity contribution >= 4 is 16.7 Å². The maximum Gasteiger partial charge on any atom is 0.294 e. The van der Waals surface area contributed by atoms with Gasteiger partial charge in [-0.25, -0.2) is 0 Å². The number of rotatable bonds is 3. The molecule has 0 radical (unpaired) electrons. The predicted octanol–water partition coefficient (Wildman–Crippen LogP) is 2.96. The molecule has 0 bridgehead atoms. The van der Waals surface area contributed by atoms with Crippen molar-refractivity contribution in [2.45, 2.75) is 27.2 Å². The highest BCUT2D eigenvalue weighted by molar-refractivity contribution is 5.79. The Morgan fingerprint density at radius 3 is 2.82 bits per heavy atom. The zero-order chi connectivity index (χ0) is 12.5. The number of nitrogen functional groups attached to an aromatic ring is 1. The number of aromatic nitrogens is 2. The summed E-state index contributed by atoms with van der Waals surface area (Å²) in [6.45, 7) is 7.24. The van der Waals surface area contributed by atoms with Crippen molar-refractivity contribution in [2.75, 3.05) is 12.3 Å². The molecule has 0 aliphatic carbocycles. The standard InChI is InChI=1S/C13H19N3O/c1-13(2,3)6-7-17-12-15-10-5-4-9(14)8-11(10)16-12/h4-5,8H,6-7,14H2,1-3H3,(H,15,16). The summed E-state index contributed by atoms with van der Waals surface area (Å²) >= 11 is 0. The smallest absolute Gasteiger partial charge is 0.294 e. The van der Waals surface area contributed by atoms with Crippen molar-refractivity contribution in [2.24, 2.45) is 5.41 Å². The Hall–Kier alpha value is -1.71. The first-order valence-corrected chi connectivity index (χ1v) is 5.82. The van der Waals surface area contributed by atoms with Gasteiger partial charge in [0.1, 0.15) is 0 Å². The Morgan fingerprint density at radius 1 is 1.35 bits per heavy atom. The van der Waals surface area contributed by atoms with Crippen LogP contribution in [0.1, 0.15) is 27.2 Å². The molecule has 0 atom stereocenters. The molecule has 2 aromatic rings. The van der Waals surface area contributed by atoms with Crippen LogP contribution in [-0.2, 0) is 0 Å². The van der Waals surface area contributed by atoms with Crippen LogP contribution < -0.4 is 10.5 Å². The monoisotopic (exact) mass is 233 g/mol. The number of H-pyrrole nitrogens is 1. The molecule has 1 aromatic heterocycles. The zero-order valence-electron chi connectivity index (χ0n) is 10.6. The Kier molecular flexibility index (Phi) is 2.96. The van der Waals surface area contributed by atoms with Gasteiger partial charge in [-0.1, -0.05) is 20.8 Å². The van der Waals surface area contributed by atoms with E-state index in [4.69, 9.17) is 10.5 Å². The van der Waals surface area contributed by atoms with Crippen molar-refractivity contribution < 1.29 is 4.74 Å². The number of ether oxygens (including phenoxy) is 1. The van der Waals surface area contributed by atoms with E-state index >= 15 is 0 Å². The molecule has 92 valence electrons. The molecule has 2 rings (SSSR count). The number of fused-ring (bicyclic) bond motifs is 1. The lowest BCUT2D eigenvalue weighted by Crippen LogP contribution is -2.11. The van der Waals surface area contributed by atoms with E-state index in [0.29, 0.717) is 12.6 Å². The molecular weight excluding hydrogens is 214 g/mol. The summed E-state index contributed by atoms with van der Waals surface area (Å²) < 4.78 is 5.60. The molecule has 0 saturated carbocycles. The quantitative estimate of drug-likeness (QED) is 0.801. The van der Waals surface area contributed by atoms with E-state index < -0.39 is 0 Å². The van der Waals surface area contributed by atoms with E-state index in [1.807, 2.05) is 18.2 Å². The molecule has 1 aromatic carbocycles. The first-order chi connectivity index (χ1) is 7.94. The van der Waals surface area contributed by atoms with Crippen LogP contribution >= 0.6 is 0 Å². The number of benzene rings is 1. The number of nitrogens with one attached hydrogen (secondary N) is 1. The van der Waals surface area contributed by atoms with Crippen LogP contribution in [0.2, 0.25) is 0 Å². The van der Waals surface area contributed by atoms with Crippen molar-refractivity contribution in [1.82, 2.24) is 9.97 Å². The number of aromatic amines is 1.